The van der Waals surface area contributed by atoms with Gasteiger partial charge in [0.1, 0.15) is 17.7 Å². The molecule has 0 fully saturated rings. The summed E-state index contributed by atoms with van der Waals surface area (Å²) < 4.78 is 32.5. The molecule has 42 heavy (non-hydrogen) atoms. The van der Waals surface area contributed by atoms with Gasteiger partial charge in [0, 0.05) is 24.7 Å². The zero-order chi connectivity index (χ0) is 30.6. The first-order valence-electron chi connectivity index (χ1n) is 14.3. The summed E-state index contributed by atoms with van der Waals surface area (Å²) in [4.78, 5) is 28.2. The van der Waals surface area contributed by atoms with Crippen LogP contribution in [0.5, 0.6) is 0 Å². The fraction of sp³-hybridized carbons (Fsp3) is 0.412. The van der Waals surface area contributed by atoms with Crippen LogP contribution < -0.4 is 5.32 Å². The van der Waals surface area contributed by atoms with Crippen LogP contribution in [-0.4, -0.2) is 55.0 Å². The Labute approximate surface area is 253 Å². The zero-order valence-corrected chi connectivity index (χ0v) is 26.0. The molecule has 8 heteroatoms. The number of carbonyl (C=O) groups is 2. The number of halogens is 2. The molecule has 1 atom stereocenters. The Hall–Kier alpha value is -3.23. The summed E-state index contributed by atoms with van der Waals surface area (Å²) in [6, 6.07) is 16.6. The minimum Gasteiger partial charge on any atom is -0.467 e. The van der Waals surface area contributed by atoms with E-state index in [2.05, 4.69) is 24.1 Å². The van der Waals surface area contributed by atoms with Crippen LogP contribution >= 0.6 is 11.8 Å². The van der Waals surface area contributed by atoms with Gasteiger partial charge < -0.3 is 10.1 Å². The zero-order valence-electron chi connectivity index (χ0n) is 25.2. The van der Waals surface area contributed by atoms with E-state index in [1.165, 1.54) is 19.2 Å². The predicted octanol–water partition coefficient (Wildman–Crippen LogP) is 7.06. The van der Waals surface area contributed by atoms with Gasteiger partial charge in [0.15, 0.2) is 0 Å². The third kappa shape index (κ3) is 9.95. The monoisotopic (exact) mass is 596 g/mol. The molecule has 5 nitrogen and oxygen atoms in total. The maximum absolute atomic E-state index is 13.8. The molecule has 3 aromatic rings. The molecule has 0 bridgehead atoms. The third-order valence-electron chi connectivity index (χ3n) is 7.23. The molecule has 0 aliphatic carbocycles. The molecule has 0 saturated heterocycles. The van der Waals surface area contributed by atoms with Crippen molar-refractivity contribution in [1.29, 1.82) is 0 Å². The molecule has 3 rings (SSSR count). The van der Waals surface area contributed by atoms with Crippen LogP contribution in [0.1, 0.15) is 53.7 Å². The Balaban J connectivity index is 1.92. The fourth-order valence-electron chi connectivity index (χ4n) is 4.86. The van der Waals surface area contributed by atoms with Gasteiger partial charge in [-0.25, -0.2) is 13.6 Å². The summed E-state index contributed by atoms with van der Waals surface area (Å²) in [6.07, 6.45) is 3.92. The second-order valence-corrected chi connectivity index (χ2v) is 12.0. The quantitative estimate of drug-likeness (QED) is 0.191. The van der Waals surface area contributed by atoms with E-state index in [-0.39, 0.29) is 5.91 Å². The lowest BCUT2D eigenvalue weighted by Crippen LogP contribution is -2.42. The van der Waals surface area contributed by atoms with Gasteiger partial charge in [-0.15, -0.1) is 0 Å². The Morgan fingerprint density at radius 2 is 1.64 bits per heavy atom. The van der Waals surface area contributed by atoms with E-state index in [9.17, 15) is 18.4 Å². The average molecular weight is 597 g/mol. The highest BCUT2D eigenvalue weighted by atomic mass is 32.2. The van der Waals surface area contributed by atoms with Crippen LogP contribution in [0.15, 0.2) is 60.7 Å². The first-order chi connectivity index (χ1) is 20.1. The minimum atomic E-state index is -0.737. The fourth-order valence-corrected chi connectivity index (χ4v) is 5.33. The number of methoxy groups -OCH3 is 1. The van der Waals surface area contributed by atoms with Crippen molar-refractivity contribution in [2.24, 2.45) is 5.92 Å². The molecular weight excluding hydrogens is 554 g/mol. The highest BCUT2D eigenvalue weighted by Crippen LogP contribution is 2.29. The third-order valence-corrected chi connectivity index (χ3v) is 7.88. The second kappa shape index (κ2) is 16.4. The standard InChI is InChI=1S/C34H42F2N2O3S/c1-23(2)12-15-38(16-13-25-18-27(35)21-28(36)19-25)22-26-10-11-30(31(20-26)29-9-7-6-8-24(29)3)33(39)37-32(14-17-42-5)34(40)41-4/h6-11,18-21,23,32H,12-17,22H2,1-5H3,(H,37,39)/t32-/m0/s1. The minimum absolute atomic E-state index is 0.332. The molecule has 0 aromatic heterocycles. The smallest absolute Gasteiger partial charge is 0.328 e. The maximum Gasteiger partial charge on any atom is 0.328 e. The van der Waals surface area contributed by atoms with Crippen molar-refractivity contribution in [2.45, 2.75) is 52.6 Å². The number of esters is 1. The van der Waals surface area contributed by atoms with Crippen molar-refractivity contribution in [1.82, 2.24) is 10.2 Å². The van der Waals surface area contributed by atoms with Crippen LogP contribution in [0.2, 0.25) is 0 Å². The molecule has 1 amide bonds. The van der Waals surface area contributed by atoms with Crippen molar-refractivity contribution in [3.05, 3.63) is 94.6 Å². The Morgan fingerprint density at radius 3 is 2.29 bits per heavy atom. The Morgan fingerprint density at radius 1 is 0.929 bits per heavy atom. The summed E-state index contributed by atoms with van der Waals surface area (Å²) in [5.74, 6) is -0.734. The molecule has 0 saturated carbocycles. The van der Waals surface area contributed by atoms with Crippen LogP contribution in [0.25, 0.3) is 11.1 Å². The van der Waals surface area contributed by atoms with Crippen LogP contribution in [0, 0.1) is 24.5 Å². The number of benzene rings is 3. The van der Waals surface area contributed by atoms with E-state index in [0.29, 0.717) is 48.7 Å². The van der Waals surface area contributed by atoms with Gasteiger partial charge in [0.2, 0.25) is 0 Å². The van der Waals surface area contributed by atoms with E-state index in [4.69, 9.17) is 4.74 Å². The first kappa shape index (κ1) is 33.3. The van der Waals surface area contributed by atoms with E-state index < -0.39 is 23.6 Å². The number of hydrogen-bond donors (Lipinski definition) is 1. The van der Waals surface area contributed by atoms with Crippen molar-refractivity contribution < 1.29 is 23.1 Å². The highest BCUT2D eigenvalue weighted by Gasteiger charge is 2.24. The molecule has 0 spiro atoms. The summed E-state index contributed by atoms with van der Waals surface area (Å²) in [5, 5.41) is 2.89. The summed E-state index contributed by atoms with van der Waals surface area (Å²) in [6.45, 7) is 8.42. The number of carbonyl (C=O) groups excluding carboxylic acids is 2. The topological polar surface area (TPSA) is 58.6 Å². The second-order valence-electron chi connectivity index (χ2n) is 11.0. The molecule has 226 valence electrons. The molecule has 3 aromatic carbocycles. The lowest BCUT2D eigenvalue weighted by Gasteiger charge is -2.24. The van der Waals surface area contributed by atoms with Gasteiger partial charge in [-0.05, 0) is 103 Å². The Kier molecular flexibility index (Phi) is 13.0. The number of nitrogens with zero attached hydrogens (tertiary/aromatic N) is 1. The summed E-state index contributed by atoms with van der Waals surface area (Å²) in [5.41, 5.74) is 4.87. The van der Waals surface area contributed by atoms with Gasteiger partial charge in [0.05, 0.1) is 7.11 Å². The number of hydrogen-bond acceptors (Lipinski definition) is 5. The molecule has 0 aliphatic rings. The largest absolute Gasteiger partial charge is 0.467 e. The van der Waals surface area contributed by atoms with Crippen molar-refractivity contribution >= 4 is 23.6 Å². The van der Waals surface area contributed by atoms with Crippen LogP contribution in [0.4, 0.5) is 8.78 Å². The predicted molar refractivity (Wildman–Crippen MR) is 168 cm³/mol. The van der Waals surface area contributed by atoms with Gasteiger partial charge in [0.25, 0.3) is 5.91 Å². The number of nitrogens with one attached hydrogen (secondary N) is 1. The first-order valence-corrected chi connectivity index (χ1v) is 15.7. The van der Waals surface area contributed by atoms with Gasteiger partial charge >= 0.3 is 5.97 Å². The van der Waals surface area contributed by atoms with Gasteiger partial charge in [-0.3, -0.25) is 9.69 Å². The lowest BCUT2D eigenvalue weighted by molar-refractivity contribution is -0.142. The molecule has 1 N–H and O–H groups in total. The lowest BCUT2D eigenvalue weighted by atomic mass is 9.93. The SMILES string of the molecule is COC(=O)[C@H](CCSC)NC(=O)c1ccc(CN(CCc2cc(F)cc(F)c2)CCC(C)C)cc1-c1ccccc1C. The number of rotatable bonds is 15. The van der Waals surface area contributed by atoms with Crippen LogP contribution in [0.3, 0.4) is 0 Å². The normalized spacial score (nSPS) is 12.0. The van der Waals surface area contributed by atoms with Gasteiger partial charge in [-0.2, -0.15) is 11.8 Å². The number of aryl methyl sites for hydroxylation is 1. The average Bonchev–Trinajstić information content (AvgIpc) is 2.95. The molecule has 0 unspecified atom stereocenters. The Bertz CT molecular complexity index is 1330. The number of thioether (sulfide) groups is 1. The van der Waals surface area contributed by atoms with E-state index in [1.807, 2.05) is 55.6 Å². The van der Waals surface area contributed by atoms with Gasteiger partial charge in [-0.1, -0.05) is 44.2 Å². The molecule has 0 radical (unpaired) electrons. The number of amides is 1. The van der Waals surface area contributed by atoms with E-state index >= 15 is 0 Å². The summed E-state index contributed by atoms with van der Waals surface area (Å²) in [7, 11) is 1.32. The van der Waals surface area contributed by atoms with Crippen molar-refractivity contribution in [3.8, 4) is 11.1 Å². The highest BCUT2D eigenvalue weighted by molar-refractivity contribution is 7.98. The van der Waals surface area contributed by atoms with Crippen molar-refractivity contribution in [2.75, 3.05) is 32.2 Å². The van der Waals surface area contributed by atoms with Crippen LogP contribution in [-0.2, 0) is 22.5 Å². The van der Waals surface area contributed by atoms with E-state index in [1.54, 1.807) is 11.8 Å². The summed E-state index contributed by atoms with van der Waals surface area (Å²) >= 11 is 1.60. The van der Waals surface area contributed by atoms with Crippen molar-refractivity contribution in [3.63, 3.8) is 0 Å². The number of ether oxygens (including phenoxy) is 1. The molecule has 0 heterocycles. The molecule has 0 aliphatic heterocycles. The maximum atomic E-state index is 13.8. The van der Waals surface area contributed by atoms with E-state index in [0.717, 1.165) is 41.3 Å². The molecular formula is C34H42F2N2O3S.